The molecule has 0 aromatic rings. The van der Waals surface area contributed by atoms with Crippen LogP contribution in [0.3, 0.4) is 0 Å². The molecule has 0 aromatic heterocycles. The molecule has 1 heterocycles. The molecule has 0 radical (unpaired) electrons. The minimum absolute atomic E-state index is 0.171. The van der Waals surface area contributed by atoms with E-state index in [1.54, 1.807) is 0 Å². The maximum Gasteiger partial charge on any atom is 0.348 e. The number of aliphatic carboxylic acids is 1. The number of hydrogen-bond acceptors (Lipinski definition) is 3. The van der Waals surface area contributed by atoms with E-state index in [1.165, 1.54) is 6.08 Å². The SMILES string of the molecule is O=C(O)[C@H]1C[C@@H](C/C=C/P(=O)(O)O)CCN1. The lowest BCUT2D eigenvalue weighted by Gasteiger charge is -2.26. The molecular formula is C9H16NO5P. The van der Waals surface area contributed by atoms with E-state index < -0.39 is 19.6 Å². The molecule has 0 aliphatic carbocycles. The van der Waals surface area contributed by atoms with Gasteiger partial charge in [0, 0.05) is 5.82 Å². The van der Waals surface area contributed by atoms with Gasteiger partial charge in [-0.25, -0.2) is 0 Å². The molecule has 6 nitrogen and oxygen atoms in total. The smallest absolute Gasteiger partial charge is 0.348 e. The van der Waals surface area contributed by atoms with E-state index in [2.05, 4.69) is 5.32 Å². The van der Waals surface area contributed by atoms with E-state index in [9.17, 15) is 9.36 Å². The second-order valence-corrected chi connectivity index (χ2v) is 5.42. The normalized spacial score (nSPS) is 27.1. The highest BCUT2D eigenvalue weighted by Crippen LogP contribution is 2.36. The van der Waals surface area contributed by atoms with Crippen LogP contribution in [0.25, 0.3) is 0 Å². The summed E-state index contributed by atoms with van der Waals surface area (Å²) < 4.78 is 10.5. The van der Waals surface area contributed by atoms with Gasteiger partial charge in [-0.3, -0.25) is 9.36 Å². The minimum Gasteiger partial charge on any atom is -0.480 e. The molecule has 1 rings (SSSR count). The highest BCUT2D eigenvalue weighted by molar-refractivity contribution is 7.55. The molecule has 1 fully saturated rings. The molecule has 2 atom stereocenters. The van der Waals surface area contributed by atoms with Crippen molar-refractivity contribution in [1.82, 2.24) is 5.32 Å². The third-order valence-electron chi connectivity index (χ3n) is 2.58. The van der Waals surface area contributed by atoms with Crippen LogP contribution >= 0.6 is 7.60 Å². The Balaban J connectivity index is 2.41. The van der Waals surface area contributed by atoms with Crippen molar-refractivity contribution in [2.75, 3.05) is 6.54 Å². The summed E-state index contributed by atoms with van der Waals surface area (Å²) in [6, 6.07) is -0.540. The summed E-state index contributed by atoms with van der Waals surface area (Å²) in [4.78, 5) is 27.9. The van der Waals surface area contributed by atoms with Gasteiger partial charge in [0.05, 0.1) is 0 Å². The minimum atomic E-state index is -4.08. The zero-order valence-electron chi connectivity index (χ0n) is 8.74. The second-order valence-electron chi connectivity index (χ2n) is 3.94. The highest BCUT2D eigenvalue weighted by Gasteiger charge is 2.25. The van der Waals surface area contributed by atoms with Crippen molar-refractivity contribution in [2.24, 2.45) is 5.92 Å². The van der Waals surface area contributed by atoms with Crippen molar-refractivity contribution in [2.45, 2.75) is 25.3 Å². The molecule has 1 aliphatic heterocycles. The van der Waals surface area contributed by atoms with Gasteiger partial charge in [0.2, 0.25) is 0 Å². The van der Waals surface area contributed by atoms with Crippen molar-refractivity contribution in [3.63, 3.8) is 0 Å². The Labute approximate surface area is 93.5 Å². The summed E-state index contributed by atoms with van der Waals surface area (Å²) >= 11 is 0. The molecule has 92 valence electrons. The molecule has 0 spiro atoms. The van der Waals surface area contributed by atoms with Gasteiger partial charge in [-0.05, 0) is 31.7 Å². The molecule has 1 saturated heterocycles. The average Bonchev–Trinajstić information content (AvgIpc) is 2.16. The van der Waals surface area contributed by atoms with Crippen molar-refractivity contribution < 1.29 is 24.3 Å². The van der Waals surface area contributed by atoms with Crippen molar-refractivity contribution in [1.29, 1.82) is 0 Å². The zero-order valence-corrected chi connectivity index (χ0v) is 9.64. The van der Waals surface area contributed by atoms with Crippen LogP contribution in [0.1, 0.15) is 19.3 Å². The van der Waals surface area contributed by atoms with E-state index in [4.69, 9.17) is 14.9 Å². The summed E-state index contributed by atoms with van der Waals surface area (Å²) in [5.74, 6) is 0.180. The number of hydrogen-bond donors (Lipinski definition) is 4. The Morgan fingerprint density at radius 1 is 1.50 bits per heavy atom. The van der Waals surface area contributed by atoms with Crippen LogP contribution in [-0.2, 0) is 9.36 Å². The van der Waals surface area contributed by atoms with Gasteiger partial charge >= 0.3 is 13.6 Å². The summed E-state index contributed by atoms with van der Waals surface area (Å²) in [6.45, 7) is 0.630. The standard InChI is InChI=1S/C9H16NO5P/c11-9(12)8-6-7(3-4-10-8)2-1-5-16(13,14)15/h1,5,7-8,10H,2-4,6H2,(H,11,12)(H2,13,14,15)/b5-1+/t7-,8+/m0/s1. The predicted molar refractivity (Wildman–Crippen MR) is 58.0 cm³/mol. The molecular weight excluding hydrogens is 233 g/mol. The largest absolute Gasteiger partial charge is 0.480 e. The van der Waals surface area contributed by atoms with Gasteiger partial charge in [-0.2, -0.15) is 0 Å². The maximum atomic E-state index is 10.7. The first kappa shape index (κ1) is 13.4. The number of carboxylic acid groups (broad SMARTS) is 1. The van der Waals surface area contributed by atoms with Gasteiger partial charge in [0.25, 0.3) is 0 Å². The van der Waals surface area contributed by atoms with Crippen molar-refractivity contribution >= 4 is 13.6 Å². The van der Waals surface area contributed by atoms with Gasteiger partial charge < -0.3 is 20.2 Å². The fourth-order valence-electron chi connectivity index (χ4n) is 1.79. The Hall–Kier alpha value is -0.680. The monoisotopic (exact) mass is 249 g/mol. The summed E-state index contributed by atoms with van der Waals surface area (Å²) in [5.41, 5.74) is 0. The van der Waals surface area contributed by atoms with Crippen molar-refractivity contribution in [3.05, 3.63) is 11.9 Å². The maximum absolute atomic E-state index is 10.7. The molecule has 4 N–H and O–H groups in total. The third kappa shape index (κ3) is 4.90. The van der Waals surface area contributed by atoms with E-state index in [0.717, 1.165) is 12.2 Å². The van der Waals surface area contributed by atoms with Gasteiger partial charge in [-0.1, -0.05) is 6.08 Å². The highest BCUT2D eigenvalue weighted by atomic mass is 31.2. The van der Waals surface area contributed by atoms with Crippen molar-refractivity contribution in [3.8, 4) is 0 Å². The first-order valence-corrected chi connectivity index (χ1v) is 6.76. The van der Waals surface area contributed by atoms with E-state index in [-0.39, 0.29) is 5.92 Å². The number of allylic oxidation sites excluding steroid dienone is 1. The second kappa shape index (κ2) is 5.59. The Morgan fingerprint density at radius 2 is 2.19 bits per heavy atom. The summed E-state index contributed by atoms with van der Waals surface area (Å²) in [7, 11) is -4.08. The third-order valence-corrected chi connectivity index (χ3v) is 3.18. The van der Waals surface area contributed by atoms with Crippen LogP contribution in [0.4, 0.5) is 0 Å². The van der Waals surface area contributed by atoms with E-state index in [0.29, 0.717) is 19.4 Å². The molecule has 1 aliphatic rings. The molecule has 0 unspecified atom stereocenters. The van der Waals surface area contributed by atoms with Crippen LogP contribution in [0, 0.1) is 5.92 Å². The predicted octanol–water partition coefficient (Wildman–Crippen LogP) is 0.521. The number of rotatable bonds is 4. The van der Waals surface area contributed by atoms with Gasteiger partial charge in [0.1, 0.15) is 6.04 Å². The summed E-state index contributed by atoms with van der Waals surface area (Å²) in [6.07, 6.45) is 3.28. The fraction of sp³-hybridized carbons (Fsp3) is 0.667. The molecule has 16 heavy (non-hydrogen) atoms. The number of piperidine rings is 1. The Morgan fingerprint density at radius 3 is 2.75 bits per heavy atom. The van der Waals surface area contributed by atoms with Gasteiger partial charge in [0.15, 0.2) is 0 Å². The number of carboxylic acids is 1. The summed E-state index contributed by atoms with van der Waals surface area (Å²) in [5, 5.41) is 11.7. The molecule has 0 saturated carbocycles. The molecule has 0 aromatic carbocycles. The lowest BCUT2D eigenvalue weighted by molar-refractivity contribution is -0.140. The number of nitrogens with one attached hydrogen (secondary N) is 1. The molecule has 7 heteroatoms. The quantitative estimate of drug-likeness (QED) is 0.541. The molecule has 0 bridgehead atoms. The van der Waals surface area contributed by atoms with Crippen LogP contribution in [0.15, 0.2) is 11.9 Å². The average molecular weight is 249 g/mol. The van der Waals surface area contributed by atoms with Gasteiger partial charge in [-0.15, -0.1) is 0 Å². The van der Waals surface area contributed by atoms with E-state index >= 15 is 0 Å². The first-order valence-electron chi connectivity index (χ1n) is 5.07. The van der Waals surface area contributed by atoms with Crippen LogP contribution < -0.4 is 5.32 Å². The zero-order chi connectivity index (χ0) is 12.2. The Kier molecular flexibility index (Phi) is 4.68. The molecule has 0 amide bonds. The van der Waals surface area contributed by atoms with Crippen LogP contribution in [0.5, 0.6) is 0 Å². The topological polar surface area (TPSA) is 107 Å². The lowest BCUT2D eigenvalue weighted by Crippen LogP contribution is -2.43. The Bertz CT molecular complexity index is 324. The van der Waals surface area contributed by atoms with Crippen LogP contribution in [0.2, 0.25) is 0 Å². The van der Waals surface area contributed by atoms with E-state index in [1.807, 2.05) is 0 Å². The number of carbonyl (C=O) groups is 1. The fourth-order valence-corrected chi connectivity index (χ4v) is 2.19. The van der Waals surface area contributed by atoms with Crippen LogP contribution in [-0.4, -0.2) is 33.4 Å². The first-order chi connectivity index (χ1) is 7.38. The lowest BCUT2D eigenvalue weighted by atomic mass is 9.90.